The number of carbonyl (C=O) groups is 1. The number of carbonyl (C=O) groups excluding carboxylic acids is 1. The molecule has 2 heteroatoms. The summed E-state index contributed by atoms with van der Waals surface area (Å²) in [5.74, 6) is 0.316. The number of rotatable bonds is 11. The molecule has 0 aliphatic rings. The lowest BCUT2D eigenvalue weighted by Crippen LogP contribution is -2.27. The van der Waals surface area contributed by atoms with Crippen molar-refractivity contribution < 1.29 is 4.79 Å². The van der Waals surface area contributed by atoms with E-state index in [0.29, 0.717) is 5.91 Å². The lowest BCUT2D eigenvalue weighted by molar-refractivity contribution is -0.130. The van der Waals surface area contributed by atoms with Crippen LogP contribution in [0.4, 0.5) is 0 Å². The maximum Gasteiger partial charge on any atom is 0.222 e. The van der Waals surface area contributed by atoms with Gasteiger partial charge in [-0.05, 0) is 12.8 Å². The monoisotopic (exact) mass is 240 g/mol. The predicted molar refractivity (Wildman–Crippen MR) is 74.8 cm³/mol. The van der Waals surface area contributed by atoms with Gasteiger partial charge in [-0.1, -0.05) is 58.8 Å². The van der Waals surface area contributed by atoms with Crippen LogP contribution in [0.2, 0.25) is 0 Å². The van der Waals surface area contributed by atoms with Crippen molar-refractivity contribution in [2.45, 2.75) is 71.1 Å². The SMILES string of the molecule is [CH2]CCCCCCCCC(=O)N(C)CCCC. The Bertz CT molecular complexity index is 180. The summed E-state index contributed by atoms with van der Waals surface area (Å²) in [5.41, 5.74) is 0. The summed E-state index contributed by atoms with van der Waals surface area (Å²) in [4.78, 5) is 13.6. The fourth-order valence-electron chi connectivity index (χ4n) is 1.87. The average Bonchev–Trinajstić information content (AvgIpc) is 2.34. The summed E-state index contributed by atoms with van der Waals surface area (Å²) in [5, 5.41) is 0. The second-order valence-corrected chi connectivity index (χ2v) is 4.89. The molecule has 0 N–H and O–H groups in total. The van der Waals surface area contributed by atoms with Crippen molar-refractivity contribution in [2.24, 2.45) is 0 Å². The molecule has 0 aromatic carbocycles. The lowest BCUT2D eigenvalue weighted by Gasteiger charge is -2.16. The van der Waals surface area contributed by atoms with Crippen LogP contribution >= 0.6 is 0 Å². The number of unbranched alkanes of at least 4 members (excludes halogenated alkanes) is 7. The highest BCUT2D eigenvalue weighted by Crippen LogP contribution is 2.09. The molecule has 17 heavy (non-hydrogen) atoms. The number of hydrogen-bond acceptors (Lipinski definition) is 1. The second kappa shape index (κ2) is 11.9. The van der Waals surface area contributed by atoms with Crippen LogP contribution in [-0.4, -0.2) is 24.4 Å². The van der Waals surface area contributed by atoms with E-state index in [0.717, 1.165) is 38.6 Å². The van der Waals surface area contributed by atoms with E-state index in [1.54, 1.807) is 0 Å². The van der Waals surface area contributed by atoms with Crippen LogP contribution in [0, 0.1) is 6.92 Å². The van der Waals surface area contributed by atoms with E-state index in [-0.39, 0.29) is 0 Å². The first-order valence-corrected chi connectivity index (χ1v) is 7.25. The standard InChI is InChI=1S/C15H30NO/c1-4-6-8-9-10-11-12-13-15(17)16(3)14-7-5-2/h1,4-14H2,2-3H3. The van der Waals surface area contributed by atoms with E-state index in [2.05, 4.69) is 13.8 Å². The maximum atomic E-state index is 11.7. The molecular weight excluding hydrogens is 210 g/mol. The summed E-state index contributed by atoms with van der Waals surface area (Å²) in [6.07, 6.45) is 11.4. The smallest absolute Gasteiger partial charge is 0.222 e. The zero-order chi connectivity index (χ0) is 12.9. The van der Waals surface area contributed by atoms with Gasteiger partial charge in [0, 0.05) is 20.0 Å². The molecule has 0 rings (SSSR count). The zero-order valence-corrected chi connectivity index (χ0v) is 11.8. The number of nitrogens with zero attached hydrogens (tertiary/aromatic N) is 1. The Balaban J connectivity index is 3.32. The number of amides is 1. The van der Waals surface area contributed by atoms with Gasteiger partial charge >= 0.3 is 0 Å². The third-order valence-corrected chi connectivity index (χ3v) is 3.16. The van der Waals surface area contributed by atoms with Crippen molar-refractivity contribution in [3.05, 3.63) is 6.92 Å². The van der Waals surface area contributed by atoms with Gasteiger partial charge in [-0.15, -0.1) is 0 Å². The second-order valence-electron chi connectivity index (χ2n) is 4.89. The summed E-state index contributed by atoms with van der Waals surface area (Å²) >= 11 is 0. The topological polar surface area (TPSA) is 20.3 Å². The molecule has 1 amide bonds. The molecule has 0 aromatic heterocycles. The molecule has 0 heterocycles. The molecule has 0 aliphatic carbocycles. The van der Waals surface area contributed by atoms with E-state index in [4.69, 9.17) is 0 Å². The molecule has 0 saturated carbocycles. The van der Waals surface area contributed by atoms with Gasteiger partial charge in [-0.3, -0.25) is 4.79 Å². The summed E-state index contributed by atoms with van der Waals surface area (Å²) in [6, 6.07) is 0. The predicted octanol–water partition coefficient (Wildman–Crippen LogP) is 4.20. The first-order valence-electron chi connectivity index (χ1n) is 7.25. The summed E-state index contributed by atoms with van der Waals surface area (Å²) in [6.45, 7) is 6.91. The molecular formula is C15H30NO. The molecule has 1 radical (unpaired) electrons. The minimum absolute atomic E-state index is 0.316. The average molecular weight is 240 g/mol. The van der Waals surface area contributed by atoms with Gasteiger partial charge < -0.3 is 4.90 Å². The molecule has 0 fully saturated rings. The van der Waals surface area contributed by atoms with Crippen molar-refractivity contribution in [1.29, 1.82) is 0 Å². The van der Waals surface area contributed by atoms with Crippen LogP contribution in [0.1, 0.15) is 71.1 Å². The molecule has 0 aliphatic heterocycles. The Morgan fingerprint density at radius 2 is 1.59 bits per heavy atom. The van der Waals surface area contributed by atoms with Gasteiger partial charge in [0.15, 0.2) is 0 Å². The Labute approximate surface area is 108 Å². The number of hydrogen-bond donors (Lipinski definition) is 0. The third-order valence-electron chi connectivity index (χ3n) is 3.16. The van der Waals surface area contributed by atoms with Crippen molar-refractivity contribution >= 4 is 5.91 Å². The van der Waals surface area contributed by atoms with E-state index in [9.17, 15) is 4.79 Å². The molecule has 0 unspecified atom stereocenters. The van der Waals surface area contributed by atoms with Crippen LogP contribution < -0.4 is 0 Å². The van der Waals surface area contributed by atoms with Crippen molar-refractivity contribution in [3.8, 4) is 0 Å². The highest BCUT2D eigenvalue weighted by Gasteiger charge is 2.06. The molecule has 0 saturated heterocycles. The molecule has 0 atom stereocenters. The quantitative estimate of drug-likeness (QED) is 0.496. The van der Waals surface area contributed by atoms with Gasteiger partial charge in [0.2, 0.25) is 5.91 Å². The first kappa shape index (κ1) is 16.5. The Hall–Kier alpha value is -0.530. The van der Waals surface area contributed by atoms with Gasteiger partial charge in [0.25, 0.3) is 0 Å². The lowest BCUT2D eigenvalue weighted by atomic mass is 10.1. The third kappa shape index (κ3) is 10.3. The van der Waals surface area contributed by atoms with Crippen LogP contribution in [-0.2, 0) is 4.79 Å². The summed E-state index contributed by atoms with van der Waals surface area (Å²) in [7, 11) is 1.92. The van der Waals surface area contributed by atoms with Crippen LogP contribution in [0.3, 0.4) is 0 Å². The van der Waals surface area contributed by atoms with Gasteiger partial charge in [0.05, 0.1) is 0 Å². The highest BCUT2D eigenvalue weighted by atomic mass is 16.2. The molecule has 101 valence electrons. The maximum absolute atomic E-state index is 11.7. The van der Waals surface area contributed by atoms with Gasteiger partial charge in [-0.25, -0.2) is 0 Å². The van der Waals surface area contributed by atoms with Crippen LogP contribution in [0.5, 0.6) is 0 Å². The molecule has 0 aromatic rings. The van der Waals surface area contributed by atoms with E-state index >= 15 is 0 Å². The fourth-order valence-corrected chi connectivity index (χ4v) is 1.87. The molecule has 0 bridgehead atoms. The zero-order valence-electron chi connectivity index (χ0n) is 11.8. The van der Waals surface area contributed by atoms with Gasteiger partial charge in [-0.2, -0.15) is 0 Å². The molecule has 0 spiro atoms. The normalized spacial score (nSPS) is 10.5. The first-order chi connectivity index (χ1) is 8.22. The highest BCUT2D eigenvalue weighted by molar-refractivity contribution is 5.75. The fraction of sp³-hybridized carbons (Fsp3) is 0.867. The Morgan fingerprint density at radius 1 is 1.00 bits per heavy atom. The van der Waals surface area contributed by atoms with E-state index in [1.807, 2.05) is 11.9 Å². The van der Waals surface area contributed by atoms with Crippen LogP contribution in [0.15, 0.2) is 0 Å². The van der Waals surface area contributed by atoms with Crippen molar-refractivity contribution in [3.63, 3.8) is 0 Å². The minimum Gasteiger partial charge on any atom is -0.346 e. The Kier molecular flexibility index (Phi) is 11.6. The van der Waals surface area contributed by atoms with E-state index < -0.39 is 0 Å². The Morgan fingerprint density at radius 3 is 2.18 bits per heavy atom. The minimum atomic E-state index is 0.316. The van der Waals surface area contributed by atoms with Crippen molar-refractivity contribution in [2.75, 3.05) is 13.6 Å². The summed E-state index contributed by atoms with van der Waals surface area (Å²) < 4.78 is 0. The van der Waals surface area contributed by atoms with Gasteiger partial charge in [0.1, 0.15) is 0 Å². The largest absolute Gasteiger partial charge is 0.346 e. The molecule has 2 nitrogen and oxygen atoms in total. The van der Waals surface area contributed by atoms with Crippen LogP contribution in [0.25, 0.3) is 0 Å². The van der Waals surface area contributed by atoms with Crippen molar-refractivity contribution in [1.82, 2.24) is 4.90 Å². The van der Waals surface area contributed by atoms with E-state index in [1.165, 1.54) is 32.1 Å².